The molecule has 0 spiro atoms. The summed E-state index contributed by atoms with van der Waals surface area (Å²) in [4.78, 5) is 12.9. The summed E-state index contributed by atoms with van der Waals surface area (Å²) in [6.07, 6.45) is 1.70. The van der Waals surface area contributed by atoms with Crippen molar-refractivity contribution in [2.45, 2.75) is 41.0 Å². The topological polar surface area (TPSA) is 92.4 Å². The number of benzene rings is 2. The molecule has 2 aromatic carbocycles. The highest BCUT2D eigenvalue weighted by Crippen LogP contribution is 2.29. The fourth-order valence-electron chi connectivity index (χ4n) is 4.05. The predicted molar refractivity (Wildman–Crippen MR) is 142 cm³/mol. The molecule has 0 bridgehead atoms. The molecule has 9 nitrogen and oxygen atoms in total. The molecule has 0 aliphatic heterocycles. The zero-order chi connectivity index (χ0) is 26.7. The van der Waals surface area contributed by atoms with Gasteiger partial charge in [0.1, 0.15) is 5.75 Å². The number of amides is 1. The van der Waals surface area contributed by atoms with Gasteiger partial charge in [0.05, 0.1) is 37.8 Å². The Hall–Kier alpha value is -3.98. The molecule has 2 aromatic heterocycles. The number of anilines is 1. The first kappa shape index (κ1) is 26.1. The fourth-order valence-corrected chi connectivity index (χ4v) is 4.16. The molecular formula is C27H30ClN5O4. The third-order valence-corrected chi connectivity index (χ3v) is 6.64. The second-order valence-electron chi connectivity index (χ2n) is 8.73. The van der Waals surface area contributed by atoms with Crippen molar-refractivity contribution in [2.24, 2.45) is 0 Å². The molecule has 1 amide bonds. The largest absolute Gasteiger partial charge is 0.493 e. The van der Waals surface area contributed by atoms with Gasteiger partial charge in [0.2, 0.25) is 0 Å². The van der Waals surface area contributed by atoms with Gasteiger partial charge in [0.25, 0.3) is 5.91 Å². The second-order valence-corrected chi connectivity index (χ2v) is 9.11. The van der Waals surface area contributed by atoms with Gasteiger partial charge in [-0.2, -0.15) is 10.2 Å². The number of hydrogen-bond acceptors (Lipinski definition) is 6. The molecule has 4 aromatic rings. The first-order valence-corrected chi connectivity index (χ1v) is 12.1. The number of hydrogen-bond donors (Lipinski definition) is 1. The van der Waals surface area contributed by atoms with E-state index >= 15 is 0 Å². The molecule has 0 aliphatic rings. The van der Waals surface area contributed by atoms with Crippen LogP contribution in [0.2, 0.25) is 5.02 Å². The molecule has 0 aliphatic carbocycles. The van der Waals surface area contributed by atoms with Crippen molar-refractivity contribution in [1.29, 1.82) is 0 Å². The van der Waals surface area contributed by atoms with Crippen molar-refractivity contribution in [3.8, 4) is 17.2 Å². The summed E-state index contributed by atoms with van der Waals surface area (Å²) in [6, 6.07) is 11.1. The van der Waals surface area contributed by atoms with E-state index < -0.39 is 0 Å². The van der Waals surface area contributed by atoms with Gasteiger partial charge in [-0.1, -0.05) is 17.7 Å². The van der Waals surface area contributed by atoms with Gasteiger partial charge in [-0.05, 0) is 74.7 Å². The van der Waals surface area contributed by atoms with Crippen molar-refractivity contribution >= 4 is 23.2 Å². The molecule has 37 heavy (non-hydrogen) atoms. The van der Waals surface area contributed by atoms with Crippen molar-refractivity contribution in [3.63, 3.8) is 0 Å². The molecule has 0 fully saturated rings. The Balaban J connectivity index is 1.43. The molecule has 0 saturated heterocycles. The third kappa shape index (κ3) is 5.72. The van der Waals surface area contributed by atoms with E-state index in [2.05, 4.69) is 15.5 Å². The van der Waals surface area contributed by atoms with Crippen molar-refractivity contribution in [1.82, 2.24) is 19.6 Å². The Bertz CT molecular complexity index is 1420. The van der Waals surface area contributed by atoms with Gasteiger partial charge >= 0.3 is 0 Å². The normalized spacial score (nSPS) is 10.9. The van der Waals surface area contributed by atoms with E-state index in [1.165, 1.54) is 0 Å². The summed E-state index contributed by atoms with van der Waals surface area (Å²) in [5.41, 5.74) is 5.34. The van der Waals surface area contributed by atoms with Crippen molar-refractivity contribution in [3.05, 3.63) is 81.4 Å². The number of nitrogens with one attached hydrogen (secondary N) is 1. The average Bonchev–Trinajstić information content (AvgIpc) is 3.46. The lowest BCUT2D eigenvalue weighted by atomic mass is 10.1. The van der Waals surface area contributed by atoms with E-state index in [1.54, 1.807) is 31.2 Å². The maximum absolute atomic E-state index is 12.9. The Labute approximate surface area is 220 Å². The lowest BCUT2D eigenvalue weighted by Gasteiger charge is -2.11. The SMILES string of the molecule is COc1ccc(Cn2nc(C)c(NC(=O)c3ccn(COc4cc(C)c(Cl)c(C)c4)n3)c2C)cc1OC. The average molecular weight is 524 g/mol. The van der Waals surface area contributed by atoms with Crippen LogP contribution in [0.5, 0.6) is 17.2 Å². The van der Waals surface area contributed by atoms with Crippen LogP contribution in [0.4, 0.5) is 5.69 Å². The summed E-state index contributed by atoms with van der Waals surface area (Å²) < 4.78 is 19.9. The lowest BCUT2D eigenvalue weighted by molar-refractivity contribution is 0.102. The maximum atomic E-state index is 12.9. The minimum atomic E-state index is -0.325. The summed E-state index contributed by atoms with van der Waals surface area (Å²) in [5, 5.41) is 12.6. The van der Waals surface area contributed by atoms with E-state index in [0.717, 1.165) is 27.4 Å². The standard InChI is InChI=1S/C27H30ClN5O4/c1-16-11-21(12-17(2)25(16)28)37-15-32-10-9-22(31-32)27(34)29-26-18(3)30-33(19(26)4)14-20-7-8-23(35-5)24(13-20)36-6/h7-13H,14-15H2,1-6H3,(H,29,34). The number of rotatable bonds is 9. The maximum Gasteiger partial charge on any atom is 0.276 e. The highest BCUT2D eigenvalue weighted by atomic mass is 35.5. The molecular weight excluding hydrogens is 494 g/mol. The predicted octanol–water partition coefficient (Wildman–Crippen LogP) is 5.32. The molecule has 0 unspecified atom stereocenters. The number of carbonyl (C=O) groups is 1. The molecule has 10 heteroatoms. The number of aryl methyl sites for hydroxylation is 3. The number of halogens is 1. The first-order valence-electron chi connectivity index (χ1n) is 11.7. The summed E-state index contributed by atoms with van der Waals surface area (Å²) in [6.45, 7) is 8.31. The smallest absolute Gasteiger partial charge is 0.276 e. The van der Waals surface area contributed by atoms with Crippen LogP contribution in [0.3, 0.4) is 0 Å². The highest BCUT2D eigenvalue weighted by Gasteiger charge is 2.18. The van der Waals surface area contributed by atoms with Crippen LogP contribution in [-0.4, -0.2) is 39.7 Å². The Morgan fingerprint density at radius 3 is 2.35 bits per heavy atom. The minimum Gasteiger partial charge on any atom is -0.493 e. The zero-order valence-electron chi connectivity index (χ0n) is 21.8. The third-order valence-electron chi connectivity index (χ3n) is 6.05. The molecule has 0 radical (unpaired) electrons. The van der Waals surface area contributed by atoms with Crippen LogP contribution in [0.15, 0.2) is 42.6 Å². The van der Waals surface area contributed by atoms with Gasteiger partial charge in [-0.15, -0.1) is 0 Å². The molecule has 194 valence electrons. The van der Waals surface area contributed by atoms with Crippen LogP contribution in [0, 0.1) is 27.7 Å². The molecule has 2 heterocycles. The quantitative estimate of drug-likeness (QED) is 0.319. The summed E-state index contributed by atoms with van der Waals surface area (Å²) in [7, 11) is 3.20. The minimum absolute atomic E-state index is 0.162. The Morgan fingerprint density at radius 2 is 1.68 bits per heavy atom. The van der Waals surface area contributed by atoms with Gasteiger partial charge in [-0.25, -0.2) is 4.68 Å². The number of nitrogens with zero attached hydrogens (tertiary/aromatic N) is 4. The van der Waals surface area contributed by atoms with E-state index in [0.29, 0.717) is 35.2 Å². The van der Waals surface area contributed by atoms with Crippen LogP contribution in [0.25, 0.3) is 0 Å². The van der Waals surface area contributed by atoms with Gasteiger partial charge in [0.15, 0.2) is 23.9 Å². The summed E-state index contributed by atoms with van der Waals surface area (Å²) >= 11 is 6.23. The van der Waals surface area contributed by atoms with Crippen LogP contribution in [0.1, 0.15) is 38.6 Å². The van der Waals surface area contributed by atoms with E-state index in [1.807, 2.05) is 62.7 Å². The van der Waals surface area contributed by atoms with Crippen molar-refractivity contribution < 1.29 is 19.0 Å². The van der Waals surface area contributed by atoms with Crippen LogP contribution >= 0.6 is 11.6 Å². The second kappa shape index (κ2) is 11.0. The van der Waals surface area contributed by atoms with E-state index in [-0.39, 0.29) is 18.3 Å². The van der Waals surface area contributed by atoms with Crippen LogP contribution < -0.4 is 19.5 Å². The number of methoxy groups -OCH3 is 2. The first-order chi connectivity index (χ1) is 17.7. The molecule has 0 saturated carbocycles. The molecule has 1 N–H and O–H groups in total. The fraction of sp³-hybridized carbons (Fsp3) is 0.296. The van der Waals surface area contributed by atoms with Gasteiger partial charge in [-0.3, -0.25) is 9.48 Å². The Morgan fingerprint density at radius 1 is 0.973 bits per heavy atom. The highest BCUT2D eigenvalue weighted by molar-refractivity contribution is 6.32. The number of carbonyl (C=O) groups excluding carboxylic acids is 1. The van der Waals surface area contributed by atoms with Gasteiger partial charge in [0, 0.05) is 11.2 Å². The van der Waals surface area contributed by atoms with E-state index in [4.69, 9.17) is 25.8 Å². The number of aromatic nitrogens is 4. The zero-order valence-corrected chi connectivity index (χ0v) is 22.5. The van der Waals surface area contributed by atoms with E-state index in [9.17, 15) is 4.79 Å². The molecule has 4 rings (SSSR count). The van der Waals surface area contributed by atoms with Crippen molar-refractivity contribution in [2.75, 3.05) is 19.5 Å². The lowest BCUT2D eigenvalue weighted by Crippen LogP contribution is -2.15. The molecule has 0 atom stereocenters. The van der Waals surface area contributed by atoms with Gasteiger partial charge < -0.3 is 19.5 Å². The number of ether oxygens (including phenoxy) is 3. The monoisotopic (exact) mass is 523 g/mol. The summed E-state index contributed by atoms with van der Waals surface area (Å²) in [5.74, 6) is 1.68. The van der Waals surface area contributed by atoms with Crippen LogP contribution in [-0.2, 0) is 13.3 Å². The Kier molecular flexibility index (Phi) is 7.73.